The maximum Gasteiger partial charge on any atom is 0.270 e. The Balaban J connectivity index is 2.02. The number of carbonyl (C=O) groups excluding carboxylic acids is 1. The Morgan fingerprint density at radius 2 is 2.00 bits per heavy atom. The number of thiazole rings is 1. The summed E-state index contributed by atoms with van der Waals surface area (Å²) in [6, 6.07) is 5.45. The second-order valence-corrected chi connectivity index (χ2v) is 5.34. The van der Waals surface area contributed by atoms with E-state index in [2.05, 4.69) is 15.6 Å². The van der Waals surface area contributed by atoms with Crippen molar-refractivity contribution in [2.75, 3.05) is 39.8 Å². The summed E-state index contributed by atoms with van der Waals surface area (Å²) < 4.78 is 15.3. The molecule has 0 atom stereocenters. The number of nitrogens with zero attached hydrogens (tertiary/aromatic N) is 1. The van der Waals surface area contributed by atoms with Crippen molar-refractivity contribution in [1.82, 2.24) is 10.3 Å². The van der Waals surface area contributed by atoms with E-state index in [1.165, 1.54) is 11.3 Å². The molecule has 7 nitrogen and oxygen atoms in total. The van der Waals surface area contributed by atoms with Gasteiger partial charge in [0.2, 0.25) is 0 Å². The van der Waals surface area contributed by atoms with Crippen LogP contribution >= 0.6 is 11.3 Å². The average molecular weight is 337 g/mol. The van der Waals surface area contributed by atoms with Gasteiger partial charge in [0.1, 0.15) is 5.69 Å². The maximum absolute atomic E-state index is 11.9. The zero-order chi connectivity index (χ0) is 16.7. The minimum atomic E-state index is -0.223. The van der Waals surface area contributed by atoms with E-state index >= 15 is 0 Å². The molecular formula is C15H19N3O4S. The number of hydrogen-bond acceptors (Lipinski definition) is 7. The molecule has 2 aromatic rings. The zero-order valence-corrected chi connectivity index (χ0v) is 14.0. The lowest BCUT2D eigenvalue weighted by atomic mass is 10.3. The average Bonchev–Trinajstić information content (AvgIpc) is 3.03. The first-order chi connectivity index (χ1) is 11.2. The Hall–Kier alpha value is -2.32. The lowest BCUT2D eigenvalue weighted by Gasteiger charge is -2.09. The van der Waals surface area contributed by atoms with E-state index in [1.807, 2.05) is 6.07 Å². The highest BCUT2D eigenvalue weighted by Gasteiger charge is 2.11. The number of nitrogens with one attached hydrogen (secondary N) is 2. The number of amides is 1. The van der Waals surface area contributed by atoms with E-state index in [-0.39, 0.29) is 5.91 Å². The molecule has 0 aliphatic carbocycles. The Kier molecular flexibility index (Phi) is 6.19. The highest BCUT2D eigenvalue weighted by Crippen LogP contribution is 2.31. The topological polar surface area (TPSA) is 81.7 Å². The Morgan fingerprint density at radius 3 is 2.70 bits per heavy atom. The first-order valence-electron chi connectivity index (χ1n) is 6.89. The van der Waals surface area contributed by atoms with Gasteiger partial charge in [-0.1, -0.05) is 0 Å². The Morgan fingerprint density at radius 1 is 1.22 bits per heavy atom. The Bertz CT molecular complexity index is 660. The van der Waals surface area contributed by atoms with Crippen LogP contribution in [0.15, 0.2) is 23.6 Å². The minimum absolute atomic E-state index is 0.223. The first-order valence-corrected chi connectivity index (χ1v) is 7.77. The molecular weight excluding hydrogens is 318 g/mol. The van der Waals surface area contributed by atoms with E-state index in [4.69, 9.17) is 14.2 Å². The van der Waals surface area contributed by atoms with Gasteiger partial charge in [0.15, 0.2) is 16.6 Å². The molecule has 1 heterocycles. The summed E-state index contributed by atoms with van der Waals surface area (Å²) in [5.41, 5.74) is 1.16. The summed E-state index contributed by atoms with van der Waals surface area (Å²) in [7, 11) is 4.74. The van der Waals surface area contributed by atoms with Crippen molar-refractivity contribution < 1.29 is 19.0 Å². The van der Waals surface area contributed by atoms with Gasteiger partial charge >= 0.3 is 0 Å². The molecule has 0 radical (unpaired) electrons. The van der Waals surface area contributed by atoms with Gasteiger partial charge in [0, 0.05) is 30.8 Å². The second-order valence-electron chi connectivity index (χ2n) is 4.48. The predicted octanol–water partition coefficient (Wildman–Crippen LogP) is 2.28. The fourth-order valence-corrected chi connectivity index (χ4v) is 2.54. The third-order valence-corrected chi connectivity index (χ3v) is 3.72. The van der Waals surface area contributed by atoms with E-state index in [1.54, 1.807) is 38.8 Å². The largest absolute Gasteiger partial charge is 0.493 e. The smallest absolute Gasteiger partial charge is 0.270 e. The third kappa shape index (κ3) is 4.57. The lowest BCUT2D eigenvalue weighted by Crippen LogP contribution is -2.27. The lowest BCUT2D eigenvalue weighted by molar-refractivity contribution is 0.0933. The molecule has 124 valence electrons. The van der Waals surface area contributed by atoms with Crippen LogP contribution < -0.4 is 20.1 Å². The van der Waals surface area contributed by atoms with Gasteiger partial charge in [-0.05, 0) is 12.1 Å². The SMILES string of the molecule is COCCNC(=O)c1csc(Nc2ccc(OC)c(OC)c2)n1. The van der Waals surface area contributed by atoms with Crippen LogP contribution in [0.4, 0.5) is 10.8 Å². The molecule has 1 aromatic carbocycles. The summed E-state index contributed by atoms with van der Waals surface area (Å²) in [5, 5.41) is 8.19. The number of ether oxygens (including phenoxy) is 3. The number of benzene rings is 1. The van der Waals surface area contributed by atoms with Crippen LogP contribution in [0, 0.1) is 0 Å². The van der Waals surface area contributed by atoms with E-state index in [9.17, 15) is 4.79 Å². The number of aromatic nitrogens is 1. The summed E-state index contributed by atoms with van der Waals surface area (Å²) in [6.07, 6.45) is 0. The predicted molar refractivity (Wildman–Crippen MR) is 89.2 cm³/mol. The summed E-state index contributed by atoms with van der Waals surface area (Å²) in [5.74, 6) is 1.04. The number of methoxy groups -OCH3 is 3. The maximum atomic E-state index is 11.9. The molecule has 1 amide bonds. The molecule has 23 heavy (non-hydrogen) atoms. The van der Waals surface area contributed by atoms with Gasteiger partial charge in [-0.2, -0.15) is 0 Å². The van der Waals surface area contributed by atoms with E-state index in [0.717, 1.165) is 5.69 Å². The molecule has 0 spiro atoms. The highest BCUT2D eigenvalue weighted by molar-refractivity contribution is 7.14. The van der Waals surface area contributed by atoms with Crippen molar-refractivity contribution in [3.05, 3.63) is 29.3 Å². The molecule has 0 aliphatic rings. The fourth-order valence-electron chi connectivity index (χ4n) is 1.83. The van der Waals surface area contributed by atoms with Gasteiger partial charge in [-0.25, -0.2) is 4.98 Å². The number of anilines is 2. The molecule has 8 heteroatoms. The van der Waals surface area contributed by atoms with Crippen LogP contribution in [-0.4, -0.2) is 45.4 Å². The van der Waals surface area contributed by atoms with Crippen molar-refractivity contribution in [3.8, 4) is 11.5 Å². The summed E-state index contributed by atoms with van der Waals surface area (Å²) in [4.78, 5) is 16.1. The second kappa shape index (κ2) is 8.35. The molecule has 0 saturated heterocycles. The van der Waals surface area contributed by atoms with Crippen LogP contribution in [-0.2, 0) is 4.74 Å². The highest BCUT2D eigenvalue weighted by atomic mass is 32.1. The molecule has 0 saturated carbocycles. The minimum Gasteiger partial charge on any atom is -0.493 e. The molecule has 1 aromatic heterocycles. The van der Waals surface area contributed by atoms with Crippen LogP contribution in [0.25, 0.3) is 0 Å². The van der Waals surface area contributed by atoms with Crippen LogP contribution in [0.2, 0.25) is 0 Å². The third-order valence-electron chi connectivity index (χ3n) is 2.96. The van der Waals surface area contributed by atoms with Crippen LogP contribution in [0.3, 0.4) is 0 Å². The van der Waals surface area contributed by atoms with Crippen LogP contribution in [0.5, 0.6) is 11.5 Å². The van der Waals surface area contributed by atoms with E-state index < -0.39 is 0 Å². The first kappa shape index (κ1) is 17.0. The van der Waals surface area contributed by atoms with Gasteiger partial charge in [0.25, 0.3) is 5.91 Å². The van der Waals surface area contributed by atoms with Crippen molar-refractivity contribution in [3.63, 3.8) is 0 Å². The number of carbonyl (C=O) groups is 1. The van der Waals surface area contributed by atoms with Crippen LogP contribution in [0.1, 0.15) is 10.5 Å². The van der Waals surface area contributed by atoms with Gasteiger partial charge < -0.3 is 24.8 Å². The van der Waals surface area contributed by atoms with Crippen molar-refractivity contribution in [2.24, 2.45) is 0 Å². The summed E-state index contributed by atoms with van der Waals surface area (Å²) >= 11 is 1.35. The molecule has 0 bridgehead atoms. The molecule has 2 rings (SSSR count). The Labute approximate surface area is 138 Å². The van der Waals surface area contributed by atoms with Crippen molar-refractivity contribution in [2.45, 2.75) is 0 Å². The molecule has 2 N–H and O–H groups in total. The normalized spacial score (nSPS) is 10.2. The molecule has 0 fully saturated rings. The fraction of sp³-hybridized carbons (Fsp3) is 0.333. The molecule has 0 unspecified atom stereocenters. The van der Waals surface area contributed by atoms with Crippen molar-refractivity contribution >= 4 is 28.1 Å². The van der Waals surface area contributed by atoms with Gasteiger partial charge in [-0.3, -0.25) is 4.79 Å². The standard InChI is InChI=1S/C15H19N3O4S/c1-20-7-6-16-14(19)11-9-23-15(18-11)17-10-4-5-12(21-2)13(8-10)22-3/h4-5,8-9H,6-7H2,1-3H3,(H,16,19)(H,17,18). The van der Waals surface area contributed by atoms with Gasteiger partial charge in [-0.15, -0.1) is 11.3 Å². The van der Waals surface area contributed by atoms with Gasteiger partial charge in [0.05, 0.1) is 20.8 Å². The monoisotopic (exact) mass is 337 g/mol. The number of rotatable bonds is 8. The molecule has 0 aliphatic heterocycles. The zero-order valence-electron chi connectivity index (χ0n) is 13.2. The van der Waals surface area contributed by atoms with E-state index in [0.29, 0.717) is 35.5 Å². The summed E-state index contributed by atoms with van der Waals surface area (Å²) in [6.45, 7) is 0.915. The van der Waals surface area contributed by atoms with Crippen molar-refractivity contribution in [1.29, 1.82) is 0 Å². The quantitative estimate of drug-likeness (QED) is 0.719. The number of hydrogen-bond donors (Lipinski definition) is 2.